The third-order valence-corrected chi connectivity index (χ3v) is 2.26. The molecule has 2 aromatic rings. The Morgan fingerprint density at radius 1 is 1.56 bits per heavy atom. The molecule has 6 nitrogen and oxygen atoms in total. The molecule has 0 saturated heterocycles. The number of carboxylic acids is 1. The van der Waals surface area contributed by atoms with Crippen LogP contribution in [-0.4, -0.2) is 30.8 Å². The number of aromatic carboxylic acids is 1. The van der Waals surface area contributed by atoms with Gasteiger partial charge in [-0.2, -0.15) is 5.10 Å². The van der Waals surface area contributed by atoms with Gasteiger partial charge in [-0.05, 0) is 6.92 Å². The lowest BCUT2D eigenvalue weighted by molar-refractivity contribution is 0.0696. The summed E-state index contributed by atoms with van der Waals surface area (Å²) in [6, 6.07) is 0. The second-order valence-electron chi connectivity index (χ2n) is 3.07. The molecule has 0 aliphatic rings. The lowest BCUT2D eigenvalue weighted by Crippen LogP contribution is -1.99. The summed E-state index contributed by atoms with van der Waals surface area (Å²) in [6.07, 6.45) is 4.10. The molecule has 0 saturated carbocycles. The Kier molecular flexibility index (Phi) is 2.57. The number of halogens is 1. The van der Waals surface area contributed by atoms with E-state index in [1.54, 1.807) is 6.92 Å². The van der Waals surface area contributed by atoms with Crippen molar-refractivity contribution >= 4 is 17.6 Å². The first-order chi connectivity index (χ1) is 7.59. The van der Waals surface area contributed by atoms with Crippen LogP contribution in [0.3, 0.4) is 0 Å². The van der Waals surface area contributed by atoms with Crippen LogP contribution >= 0.6 is 11.6 Å². The standard InChI is InChI=1S/C9H7ClN4O2/c1-5-6(9(15)16)3-14(13-5)8-7(10)2-11-4-12-8/h2-4H,1H3,(H,15,16). The van der Waals surface area contributed by atoms with E-state index in [1.165, 1.54) is 23.4 Å². The van der Waals surface area contributed by atoms with Crippen molar-refractivity contribution in [3.05, 3.63) is 35.0 Å². The molecule has 7 heteroatoms. The number of hydrogen-bond donors (Lipinski definition) is 1. The lowest BCUT2D eigenvalue weighted by atomic mass is 10.3. The molecule has 0 amide bonds. The molecule has 2 rings (SSSR count). The smallest absolute Gasteiger partial charge is 0.339 e. The van der Waals surface area contributed by atoms with E-state index < -0.39 is 5.97 Å². The molecule has 2 aromatic heterocycles. The lowest BCUT2D eigenvalue weighted by Gasteiger charge is -2.00. The van der Waals surface area contributed by atoms with Gasteiger partial charge in [0.2, 0.25) is 0 Å². The minimum absolute atomic E-state index is 0.120. The fourth-order valence-electron chi connectivity index (χ4n) is 1.25. The van der Waals surface area contributed by atoms with Gasteiger partial charge in [0.05, 0.1) is 11.9 Å². The highest BCUT2D eigenvalue weighted by molar-refractivity contribution is 6.32. The summed E-state index contributed by atoms with van der Waals surface area (Å²) >= 11 is 5.87. The van der Waals surface area contributed by atoms with E-state index in [1.807, 2.05) is 0 Å². The van der Waals surface area contributed by atoms with Crippen LogP contribution in [-0.2, 0) is 0 Å². The second-order valence-corrected chi connectivity index (χ2v) is 3.48. The van der Waals surface area contributed by atoms with Gasteiger partial charge in [-0.3, -0.25) is 0 Å². The summed E-state index contributed by atoms with van der Waals surface area (Å²) in [7, 11) is 0. The van der Waals surface area contributed by atoms with Gasteiger partial charge in [0.15, 0.2) is 5.82 Å². The van der Waals surface area contributed by atoms with Crippen LogP contribution in [0.4, 0.5) is 0 Å². The number of nitrogens with zero attached hydrogens (tertiary/aromatic N) is 4. The topological polar surface area (TPSA) is 80.9 Å². The Morgan fingerprint density at radius 2 is 2.31 bits per heavy atom. The van der Waals surface area contributed by atoms with Crippen molar-refractivity contribution in [1.29, 1.82) is 0 Å². The van der Waals surface area contributed by atoms with E-state index in [2.05, 4.69) is 15.1 Å². The van der Waals surface area contributed by atoms with Crippen molar-refractivity contribution in [1.82, 2.24) is 19.7 Å². The number of aryl methyl sites for hydroxylation is 1. The van der Waals surface area contributed by atoms with Crippen LogP contribution in [0.15, 0.2) is 18.7 Å². The molecule has 1 N–H and O–H groups in total. The first-order valence-corrected chi connectivity index (χ1v) is 4.73. The summed E-state index contributed by atoms with van der Waals surface area (Å²) < 4.78 is 1.32. The molecule has 0 aliphatic heterocycles. The molecular weight excluding hydrogens is 232 g/mol. The fourth-order valence-corrected chi connectivity index (χ4v) is 1.45. The van der Waals surface area contributed by atoms with Gasteiger partial charge < -0.3 is 5.11 Å². The fraction of sp³-hybridized carbons (Fsp3) is 0.111. The van der Waals surface area contributed by atoms with Crippen LogP contribution in [0, 0.1) is 6.92 Å². The number of aromatic nitrogens is 4. The van der Waals surface area contributed by atoms with E-state index >= 15 is 0 Å². The molecule has 0 unspecified atom stereocenters. The summed E-state index contributed by atoms with van der Waals surface area (Å²) in [6.45, 7) is 1.61. The predicted molar refractivity (Wildman–Crippen MR) is 55.9 cm³/mol. The van der Waals surface area contributed by atoms with E-state index in [-0.39, 0.29) is 5.56 Å². The van der Waals surface area contributed by atoms with Gasteiger partial charge in [-0.1, -0.05) is 11.6 Å². The number of rotatable bonds is 2. The van der Waals surface area contributed by atoms with Gasteiger partial charge in [0.1, 0.15) is 16.9 Å². The van der Waals surface area contributed by atoms with Crippen LogP contribution < -0.4 is 0 Å². The monoisotopic (exact) mass is 238 g/mol. The third kappa shape index (κ3) is 1.74. The minimum Gasteiger partial charge on any atom is -0.478 e. The van der Waals surface area contributed by atoms with Gasteiger partial charge >= 0.3 is 5.97 Å². The van der Waals surface area contributed by atoms with Crippen molar-refractivity contribution in [3.8, 4) is 5.82 Å². The molecule has 0 aliphatic carbocycles. The molecule has 0 radical (unpaired) electrons. The van der Waals surface area contributed by atoms with Crippen molar-refractivity contribution in [2.45, 2.75) is 6.92 Å². The van der Waals surface area contributed by atoms with Gasteiger partial charge in [-0.25, -0.2) is 19.4 Å². The van der Waals surface area contributed by atoms with E-state index in [4.69, 9.17) is 16.7 Å². The number of carboxylic acid groups (broad SMARTS) is 1. The molecule has 16 heavy (non-hydrogen) atoms. The predicted octanol–water partition coefficient (Wildman–Crippen LogP) is 1.32. The van der Waals surface area contributed by atoms with Crippen molar-refractivity contribution in [3.63, 3.8) is 0 Å². The molecule has 82 valence electrons. The van der Waals surface area contributed by atoms with E-state index in [0.29, 0.717) is 16.5 Å². The third-order valence-electron chi connectivity index (χ3n) is 1.99. The summed E-state index contributed by atoms with van der Waals surface area (Å²) in [5, 5.41) is 13.2. The minimum atomic E-state index is -1.03. The van der Waals surface area contributed by atoms with Crippen molar-refractivity contribution in [2.75, 3.05) is 0 Å². The SMILES string of the molecule is Cc1nn(-c2ncncc2Cl)cc1C(=O)O. The number of hydrogen-bond acceptors (Lipinski definition) is 4. The zero-order valence-corrected chi connectivity index (χ0v) is 9.01. The van der Waals surface area contributed by atoms with Gasteiger partial charge in [-0.15, -0.1) is 0 Å². The molecule has 2 heterocycles. The highest BCUT2D eigenvalue weighted by Gasteiger charge is 2.14. The van der Waals surface area contributed by atoms with Crippen LogP contribution in [0.2, 0.25) is 5.02 Å². The maximum absolute atomic E-state index is 10.8. The van der Waals surface area contributed by atoms with E-state index in [9.17, 15) is 4.79 Å². The van der Waals surface area contributed by atoms with E-state index in [0.717, 1.165) is 0 Å². The number of carbonyl (C=O) groups is 1. The van der Waals surface area contributed by atoms with Crippen LogP contribution in [0.5, 0.6) is 0 Å². The Bertz CT molecular complexity index is 552. The van der Waals surface area contributed by atoms with Crippen molar-refractivity contribution < 1.29 is 9.90 Å². The Balaban J connectivity index is 2.54. The molecular formula is C9H7ClN4O2. The zero-order chi connectivity index (χ0) is 11.7. The Labute approximate surface area is 95.5 Å². The zero-order valence-electron chi connectivity index (χ0n) is 8.25. The average Bonchev–Trinajstić information content (AvgIpc) is 2.61. The Hall–Kier alpha value is -1.95. The van der Waals surface area contributed by atoms with Crippen molar-refractivity contribution in [2.24, 2.45) is 0 Å². The molecule has 0 spiro atoms. The Morgan fingerprint density at radius 3 is 2.88 bits per heavy atom. The van der Waals surface area contributed by atoms with Crippen LogP contribution in [0.25, 0.3) is 5.82 Å². The molecule has 0 fully saturated rings. The molecule has 0 atom stereocenters. The molecule has 0 aromatic carbocycles. The summed E-state index contributed by atoms with van der Waals surface area (Å²) in [5.74, 6) is -0.679. The second kappa shape index (κ2) is 3.90. The van der Waals surface area contributed by atoms with Crippen LogP contribution in [0.1, 0.15) is 16.1 Å². The maximum atomic E-state index is 10.8. The van der Waals surface area contributed by atoms with Gasteiger partial charge in [0, 0.05) is 6.20 Å². The maximum Gasteiger partial charge on any atom is 0.339 e. The average molecular weight is 239 g/mol. The quantitative estimate of drug-likeness (QED) is 0.853. The first-order valence-electron chi connectivity index (χ1n) is 4.35. The largest absolute Gasteiger partial charge is 0.478 e. The van der Waals surface area contributed by atoms with Gasteiger partial charge in [0.25, 0.3) is 0 Å². The highest BCUT2D eigenvalue weighted by Crippen LogP contribution is 2.17. The summed E-state index contributed by atoms with van der Waals surface area (Å²) in [5.41, 5.74) is 0.525. The summed E-state index contributed by atoms with van der Waals surface area (Å²) in [4.78, 5) is 18.5. The normalized spacial score (nSPS) is 10.4. The highest BCUT2D eigenvalue weighted by atomic mass is 35.5. The molecule has 0 bridgehead atoms. The first kappa shape index (κ1) is 10.6.